The molecule has 96 valence electrons. The summed E-state index contributed by atoms with van der Waals surface area (Å²) in [5.41, 5.74) is 10.8. The molecule has 0 aliphatic heterocycles. The average molecular weight is 296 g/mol. The summed E-state index contributed by atoms with van der Waals surface area (Å²) in [6, 6.07) is 0.731. The molecule has 0 saturated heterocycles. The summed E-state index contributed by atoms with van der Waals surface area (Å²) < 4.78 is 14.9. The third-order valence-electron chi connectivity index (χ3n) is 1.95. The number of hydrogen-bond donors (Lipinski definition) is 3. The Balaban J connectivity index is 2.77. The predicted octanol–water partition coefficient (Wildman–Crippen LogP) is 0.184. The molecule has 1 amide bonds. The van der Waals surface area contributed by atoms with Crippen LogP contribution in [0.2, 0.25) is 5.02 Å². The molecule has 0 spiro atoms. The number of rotatable bonds is 5. The maximum atomic E-state index is 12.1. The highest BCUT2D eigenvalue weighted by Gasteiger charge is 2.18. The van der Waals surface area contributed by atoms with Crippen LogP contribution in [-0.4, -0.2) is 28.6 Å². The summed E-state index contributed by atoms with van der Waals surface area (Å²) in [5, 5.41) is 2.08. The van der Waals surface area contributed by atoms with Gasteiger partial charge in [-0.1, -0.05) is 11.6 Å². The Hall–Kier alpha value is -0.600. The zero-order valence-corrected chi connectivity index (χ0v) is 11.4. The van der Waals surface area contributed by atoms with Gasteiger partial charge in [-0.3, -0.25) is 9.52 Å². The van der Waals surface area contributed by atoms with E-state index in [1.807, 2.05) is 0 Å². The van der Waals surface area contributed by atoms with Gasteiger partial charge in [0.2, 0.25) is 5.91 Å². The van der Waals surface area contributed by atoms with Gasteiger partial charge in [0.05, 0.1) is 20.8 Å². The van der Waals surface area contributed by atoms with Gasteiger partial charge >= 0.3 is 0 Å². The van der Waals surface area contributed by atoms with Crippen molar-refractivity contribution in [1.29, 1.82) is 0 Å². The average Bonchev–Trinajstić information content (AvgIpc) is 2.65. The molecule has 0 saturated carbocycles. The Kier molecular flexibility index (Phi) is 4.96. The molecule has 2 unspecified atom stereocenters. The van der Waals surface area contributed by atoms with Crippen molar-refractivity contribution < 1.29 is 9.00 Å². The van der Waals surface area contributed by atoms with Crippen molar-refractivity contribution >= 4 is 44.4 Å². The Bertz CT molecular complexity index is 498. The molecule has 8 heteroatoms. The number of carbonyl (C=O) groups is 1. The largest absolute Gasteiger partial charge is 0.330 e. The van der Waals surface area contributed by atoms with Crippen molar-refractivity contribution in [2.24, 2.45) is 11.5 Å². The van der Waals surface area contributed by atoms with E-state index in [2.05, 4.69) is 10.6 Å². The van der Waals surface area contributed by atoms with Crippen LogP contribution in [0.5, 0.6) is 0 Å². The standard InChI is InChI=1S/C9H14ClN3O2S2/c1-17(15,8-4-6(10)5-16-8)13-9(14)7(12)2-3-11/h4-5,7H,1-3,11-12H2,(H,13,14,15). The molecule has 5 nitrogen and oxygen atoms in total. The molecule has 0 aliphatic carbocycles. The minimum Gasteiger partial charge on any atom is -0.330 e. The molecule has 0 bridgehead atoms. The summed E-state index contributed by atoms with van der Waals surface area (Å²) in [6.07, 6.45) is 0.326. The lowest BCUT2D eigenvalue weighted by Crippen LogP contribution is -2.44. The van der Waals surface area contributed by atoms with Gasteiger partial charge in [0.25, 0.3) is 0 Å². The zero-order valence-electron chi connectivity index (χ0n) is 9.02. The summed E-state index contributed by atoms with van der Waals surface area (Å²) in [4.78, 5) is 11.6. The topological polar surface area (TPSA) is 98.2 Å². The van der Waals surface area contributed by atoms with Crippen LogP contribution in [-0.2, 0) is 14.5 Å². The van der Waals surface area contributed by atoms with Gasteiger partial charge in [-0.25, -0.2) is 4.21 Å². The van der Waals surface area contributed by atoms with Gasteiger partial charge in [0, 0.05) is 5.38 Å². The van der Waals surface area contributed by atoms with Gasteiger partial charge in [0.1, 0.15) is 4.21 Å². The smallest absolute Gasteiger partial charge is 0.248 e. The SMILES string of the molecule is C=S(=O)(NC(=O)C(N)CCN)c1cc(Cl)cs1. The summed E-state index contributed by atoms with van der Waals surface area (Å²) >= 11 is 6.89. The van der Waals surface area contributed by atoms with Crippen molar-refractivity contribution in [3.63, 3.8) is 0 Å². The fourth-order valence-corrected chi connectivity index (χ4v) is 3.72. The second-order valence-corrected chi connectivity index (χ2v) is 7.01. The lowest BCUT2D eigenvalue weighted by atomic mass is 10.2. The molecule has 1 rings (SSSR count). The van der Waals surface area contributed by atoms with Crippen LogP contribution in [0.1, 0.15) is 6.42 Å². The Morgan fingerprint density at radius 2 is 2.35 bits per heavy atom. The quantitative estimate of drug-likeness (QED) is 0.675. The lowest BCUT2D eigenvalue weighted by molar-refractivity contribution is -0.120. The maximum Gasteiger partial charge on any atom is 0.248 e. The molecule has 17 heavy (non-hydrogen) atoms. The molecule has 0 fully saturated rings. The van der Waals surface area contributed by atoms with Crippen molar-refractivity contribution in [1.82, 2.24) is 4.72 Å². The minimum absolute atomic E-state index is 0.289. The molecule has 0 aromatic carbocycles. The molecule has 0 radical (unpaired) electrons. The second-order valence-electron chi connectivity index (χ2n) is 3.41. The summed E-state index contributed by atoms with van der Waals surface area (Å²) in [5.74, 6) is 2.97. The monoisotopic (exact) mass is 295 g/mol. The number of nitrogens with two attached hydrogens (primary N) is 2. The molecule has 1 aromatic heterocycles. The highest BCUT2D eigenvalue weighted by Crippen LogP contribution is 2.23. The van der Waals surface area contributed by atoms with E-state index in [0.717, 1.165) is 0 Å². The van der Waals surface area contributed by atoms with Crippen LogP contribution in [0, 0.1) is 0 Å². The first-order chi connectivity index (χ1) is 7.86. The normalized spacial score (nSPS) is 16.2. The van der Waals surface area contributed by atoms with Gasteiger partial charge < -0.3 is 11.5 Å². The van der Waals surface area contributed by atoms with Gasteiger partial charge in [0.15, 0.2) is 0 Å². The van der Waals surface area contributed by atoms with E-state index in [9.17, 15) is 9.00 Å². The number of halogens is 1. The highest BCUT2D eigenvalue weighted by molar-refractivity contribution is 8.00. The number of thiophene rings is 1. The van der Waals surface area contributed by atoms with Crippen molar-refractivity contribution in [3.05, 3.63) is 16.5 Å². The molecule has 0 aliphatic rings. The fourth-order valence-electron chi connectivity index (χ4n) is 1.07. The van der Waals surface area contributed by atoms with Crippen molar-refractivity contribution in [3.8, 4) is 0 Å². The van der Waals surface area contributed by atoms with Crippen LogP contribution in [0.4, 0.5) is 0 Å². The fraction of sp³-hybridized carbons (Fsp3) is 0.333. The number of carbonyl (C=O) groups excluding carboxylic acids is 1. The first-order valence-electron chi connectivity index (χ1n) is 4.75. The molecular weight excluding hydrogens is 282 g/mol. The van der Waals surface area contributed by atoms with E-state index in [1.54, 1.807) is 5.38 Å². The van der Waals surface area contributed by atoms with E-state index in [-0.39, 0.29) is 6.54 Å². The van der Waals surface area contributed by atoms with Crippen molar-refractivity contribution in [2.45, 2.75) is 16.7 Å². The van der Waals surface area contributed by atoms with Crippen LogP contribution >= 0.6 is 22.9 Å². The van der Waals surface area contributed by atoms with Crippen LogP contribution in [0.25, 0.3) is 0 Å². The Labute approximate surface area is 109 Å². The van der Waals surface area contributed by atoms with E-state index < -0.39 is 21.7 Å². The first kappa shape index (κ1) is 14.5. The van der Waals surface area contributed by atoms with Gasteiger partial charge in [-0.05, 0) is 24.9 Å². The summed E-state index contributed by atoms with van der Waals surface area (Å²) in [7, 11) is -2.89. The van der Waals surface area contributed by atoms with E-state index >= 15 is 0 Å². The lowest BCUT2D eigenvalue weighted by Gasteiger charge is -2.13. The van der Waals surface area contributed by atoms with Gasteiger partial charge in [-0.2, -0.15) is 0 Å². The summed E-state index contributed by atoms with van der Waals surface area (Å²) in [6.45, 7) is 0.289. The Morgan fingerprint density at radius 1 is 1.71 bits per heavy atom. The highest BCUT2D eigenvalue weighted by atomic mass is 35.5. The molecule has 1 aromatic rings. The van der Waals surface area contributed by atoms with E-state index in [0.29, 0.717) is 15.7 Å². The third-order valence-corrected chi connectivity index (χ3v) is 5.41. The molecule has 5 N–H and O–H groups in total. The maximum absolute atomic E-state index is 12.1. The van der Waals surface area contributed by atoms with E-state index in [1.165, 1.54) is 17.4 Å². The van der Waals surface area contributed by atoms with Crippen LogP contribution < -0.4 is 16.2 Å². The zero-order chi connectivity index (χ0) is 13.1. The van der Waals surface area contributed by atoms with E-state index in [4.69, 9.17) is 23.1 Å². The third kappa shape index (κ3) is 3.97. The molecular formula is C9H14ClN3O2S2. The molecule has 1 heterocycles. The predicted molar refractivity (Wildman–Crippen MR) is 72.6 cm³/mol. The number of hydrogen-bond acceptors (Lipinski definition) is 5. The first-order valence-corrected chi connectivity index (χ1v) is 7.74. The van der Waals surface area contributed by atoms with Crippen LogP contribution in [0.3, 0.4) is 0 Å². The Morgan fingerprint density at radius 3 is 2.82 bits per heavy atom. The minimum atomic E-state index is -2.89. The number of amides is 1. The van der Waals surface area contributed by atoms with Crippen molar-refractivity contribution in [2.75, 3.05) is 6.54 Å². The van der Waals surface area contributed by atoms with Gasteiger partial charge in [-0.15, -0.1) is 11.3 Å². The van der Waals surface area contributed by atoms with Crippen LogP contribution in [0.15, 0.2) is 15.7 Å². The second kappa shape index (κ2) is 5.83. The number of nitrogens with one attached hydrogen (secondary N) is 1. The molecule has 2 atom stereocenters.